The lowest BCUT2D eigenvalue weighted by Gasteiger charge is -2.20. The molecule has 1 fully saturated rings. The van der Waals surface area contributed by atoms with Gasteiger partial charge in [-0.1, -0.05) is 11.6 Å². The molecule has 1 aliphatic rings. The topological polar surface area (TPSA) is 45.2 Å². The maximum absolute atomic E-state index is 11.7. The molecule has 1 aromatic carbocycles. The third-order valence-electron chi connectivity index (χ3n) is 3.83. The lowest BCUT2D eigenvalue weighted by molar-refractivity contribution is -0.123. The van der Waals surface area contributed by atoms with Crippen LogP contribution >= 0.6 is 11.6 Å². The molecule has 1 aromatic heterocycles. The minimum absolute atomic E-state index is 0.0578. The molecule has 2 heterocycles. The molecular formula is C15H16ClN3O. The van der Waals surface area contributed by atoms with Crippen molar-refractivity contribution in [2.45, 2.75) is 6.42 Å². The van der Waals surface area contributed by atoms with Crippen LogP contribution in [-0.2, 0) is 4.79 Å². The van der Waals surface area contributed by atoms with Crippen LogP contribution in [0.25, 0.3) is 10.9 Å². The van der Waals surface area contributed by atoms with Crippen LogP contribution in [0.15, 0.2) is 30.5 Å². The Labute approximate surface area is 122 Å². The van der Waals surface area contributed by atoms with Crippen molar-refractivity contribution in [3.63, 3.8) is 0 Å². The van der Waals surface area contributed by atoms with Crippen LogP contribution in [0.4, 0.5) is 5.69 Å². The van der Waals surface area contributed by atoms with E-state index in [-0.39, 0.29) is 11.8 Å². The van der Waals surface area contributed by atoms with Gasteiger partial charge in [0.05, 0.1) is 11.4 Å². The zero-order valence-corrected chi connectivity index (χ0v) is 12.0. The number of carbonyl (C=O) groups excluding carboxylic acids is 1. The highest BCUT2D eigenvalue weighted by molar-refractivity contribution is 6.31. The van der Waals surface area contributed by atoms with Crippen LogP contribution in [0.3, 0.4) is 0 Å². The summed E-state index contributed by atoms with van der Waals surface area (Å²) in [5, 5.41) is 4.47. The van der Waals surface area contributed by atoms with E-state index in [9.17, 15) is 4.79 Å². The first-order valence-electron chi connectivity index (χ1n) is 6.70. The van der Waals surface area contributed by atoms with E-state index in [4.69, 9.17) is 11.6 Å². The van der Waals surface area contributed by atoms with E-state index in [1.54, 1.807) is 13.2 Å². The van der Waals surface area contributed by atoms with Crippen molar-refractivity contribution in [1.29, 1.82) is 0 Å². The van der Waals surface area contributed by atoms with E-state index in [1.807, 2.05) is 24.3 Å². The molecule has 0 bridgehead atoms. The number of rotatable bonds is 2. The van der Waals surface area contributed by atoms with E-state index < -0.39 is 0 Å². The molecule has 2 aromatic rings. The summed E-state index contributed by atoms with van der Waals surface area (Å²) in [6.07, 6.45) is 2.68. The molecule has 3 rings (SSSR count). The molecule has 1 N–H and O–H groups in total. The quantitative estimate of drug-likeness (QED) is 0.924. The minimum atomic E-state index is 0.0578. The third-order valence-corrected chi connectivity index (χ3v) is 4.06. The Bertz CT molecular complexity index is 659. The number of hydrogen-bond donors (Lipinski definition) is 1. The zero-order chi connectivity index (χ0) is 14.1. The van der Waals surface area contributed by atoms with Gasteiger partial charge < -0.3 is 10.2 Å². The summed E-state index contributed by atoms with van der Waals surface area (Å²) in [6, 6.07) is 7.70. The number of anilines is 1. The fourth-order valence-electron chi connectivity index (χ4n) is 2.78. The van der Waals surface area contributed by atoms with Gasteiger partial charge in [0.15, 0.2) is 0 Å². The number of nitrogens with zero attached hydrogens (tertiary/aromatic N) is 2. The predicted octanol–water partition coefficient (Wildman–Crippen LogP) is 2.46. The lowest BCUT2D eigenvalue weighted by Crippen LogP contribution is -2.30. The molecule has 1 unspecified atom stereocenters. The average molecular weight is 290 g/mol. The molecule has 20 heavy (non-hydrogen) atoms. The number of amides is 1. The van der Waals surface area contributed by atoms with E-state index in [2.05, 4.69) is 15.2 Å². The summed E-state index contributed by atoms with van der Waals surface area (Å²) >= 11 is 6.09. The second-order valence-electron chi connectivity index (χ2n) is 5.04. The van der Waals surface area contributed by atoms with Gasteiger partial charge in [-0.15, -0.1) is 0 Å². The summed E-state index contributed by atoms with van der Waals surface area (Å²) in [7, 11) is 1.69. The molecule has 0 radical (unpaired) electrons. The van der Waals surface area contributed by atoms with Crippen LogP contribution in [0, 0.1) is 5.92 Å². The number of halogens is 1. The van der Waals surface area contributed by atoms with Crippen LogP contribution in [-0.4, -0.2) is 31.0 Å². The monoisotopic (exact) mass is 289 g/mol. The molecule has 0 spiro atoms. The number of hydrogen-bond acceptors (Lipinski definition) is 3. The highest BCUT2D eigenvalue weighted by atomic mass is 35.5. The number of benzene rings is 1. The van der Waals surface area contributed by atoms with Crippen molar-refractivity contribution >= 4 is 34.1 Å². The second-order valence-corrected chi connectivity index (χ2v) is 5.47. The molecule has 0 aliphatic carbocycles. The number of aromatic nitrogens is 1. The number of nitrogens with one attached hydrogen (secondary N) is 1. The fourth-order valence-corrected chi connectivity index (χ4v) is 2.95. The molecule has 1 amide bonds. The molecular weight excluding hydrogens is 274 g/mol. The van der Waals surface area contributed by atoms with Crippen LogP contribution in [0.2, 0.25) is 5.02 Å². The normalized spacial score (nSPS) is 18.5. The van der Waals surface area contributed by atoms with Crippen molar-refractivity contribution in [1.82, 2.24) is 10.3 Å². The summed E-state index contributed by atoms with van der Waals surface area (Å²) in [5.41, 5.74) is 2.03. The maximum atomic E-state index is 11.7. The fraction of sp³-hybridized carbons (Fsp3) is 0.333. The molecule has 4 nitrogen and oxygen atoms in total. The Morgan fingerprint density at radius 3 is 3.10 bits per heavy atom. The Balaban J connectivity index is 1.95. The van der Waals surface area contributed by atoms with Crippen molar-refractivity contribution < 1.29 is 4.79 Å². The van der Waals surface area contributed by atoms with Crippen molar-refractivity contribution in [2.24, 2.45) is 5.92 Å². The Morgan fingerprint density at radius 2 is 2.30 bits per heavy atom. The largest absolute Gasteiger partial charge is 0.370 e. The first-order chi connectivity index (χ1) is 9.69. The highest BCUT2D eigenvalue weighted by Gasteiger charge is 2.28. The number of carbonyl (C=O) groups is 1. The van der Waals surface area contributed by atoms with Crippen LogP contribution in [0.5, 0.6) is 0 Å². The smallest absolute Gasteiger partial charge is 0.224 e. The van der Waals surface area contributed by atoms with E-state index in [1.165, 1.54) is 0 Å². The van der Waals surface area contributed by atoms with Crippen molar-refractivity contribution in [2.75, 3.05) is 25.0 Å². The van der Waals surface area contributed by atoms with E-state index >= 15 is 0 Å². The summed E-state index contributed by atoms with van der Waals surface area (Å²) in [6.45, 7) is 1.62. The van der Waals surface area contributed by atoms with Crippen LogP contribution in [0.1, 0.15) is 6.42 Å². The van der Waals surface area contributed by atoms with Crippen molar-refractivity contribution in [3.8, 4) is 0 Å². The van der Waals surface area contributed by atoms with E-state index in [0.717, 1.165) is 36.1 Å². The number of fused-ring (bicyclic) bond motifs is 1. The Kier molecular flexibility index (Phi) is 3.49. The predicted molar refractivity (Wildman–Crippen MR) is 81.1 cm³/mol. The van der Waals surface area contributed by atoms with Gasteiger partial charge in [-0.05, 0) is 30.7 Å². The van der Waals surface area contributed by atoms with Gasteiger partial charge in [-0.2, -0.15) is 0 Å². The van der Waals surface area contributed by atoms with Gasteiger partial charge in [0.2, 0.25) is 5.91 Å². The van der Waals surface area contributed by atoms with Gasteiger partial charge in [0.1, 0.15) is 0 Å². The molecule has 1 saturated heterocycles. The Morgan fingerprint density at radius 1 is 1.45 bits per heavy atom. The minimum Gasteiger partial charge on any atom is -0.370 e. The Hall–Kier alpha value is -1.81. The molecule has 0 saturated carbocycles. The van der Waals surface area contributed by atoms with Gasteiger partial charge in [-0.25, -0.2) is 0 Å². The standard InChI is InChI=1S/C15H16ClN3O/c1-17-15(20)10-5-7-19(9-10)14-4-6-18-13-3-2-11(16)8-12(13)14/h2-4,6,8,10H,5,7,9H2,1H3,(H,17,20). The lowest BCUT2D eigenvalue weighted by atomic mass is 10.1. The number of pyridine rings is 1. The summed E-state index contributed by atoms with van der Waals surface area (Å²) < 4.78 is 0. The molecule has 104 valence electrons. The maximum Gasteiger partial charge on any atom is 0.224 e. The SMILES string of the molecule is CNC(=O)C1CCN(c2ccnc3ccc(Cl)cc23)C1. The first kappa shape index (κ1) is 13.2. The van der Waals surface area contributed by atoms with Gasteiger partial charge in [0, 0.05) is 42.4 Å². The van der Waals surface area contributed by atoms with Crippen LogP contribution < -0.4 is 10.2 Å². The highest BCUT2D eigenvalue weighted by Crippen LogP contribution is 2.31. The summed E-state index contributed by atoms with van der Waals surface area (Å²) in [4.78, 5) is 18.3. The molecule has 5 heteroatoms. The summed E-state index contributed by atoms with van der Waals surface area (Å²) in [5.74, 6) is 0.172. The van der Waals surface area contributed by atoms with Gasteiger partial charge in [0.25, 0.3) is 0 Å². The molecule has 1 aliphatic heterocycles. The van der Waals surface area contributed by atoms with E-state index in [0.29, 0.717) is 5.02 Å². The second kappa shape index (κ2) is 5.29. The van der Waals surface area contributed by atoms with Gasteiger partial charge in [-0.3, -0.25) is 9.78 Å². The first-order valence-corrected chi connectivity index (χ1v) is 7.07. The van der Waals surface area contributed by atoms with Crippen molar-refractivity contribution in [3.05, 3.63) is 35.5 Å². The third kappa shape index (κ3) is 2.31. The average Bonchev–Trinajstić information content (AvgIpc) is 2.95. The van der Waals surface area contributed by atoms with Gasteiger partial charge >= 0.3 is 0 Å². The molecule has 1 atom stereocenters. The zero-order valence-electron chi connectivity index (χ0n) is 11.3.